The molecule has 0 aliphatic heterocycles. The number of benzene rings is 4. The molecule has 0 atom stereocenters. The predicted molar refractivity (Wildman–Crippen MR) is 128 cm³/mol. The monoisotopic (exact) mass is 446 g/mol. The van der Waals surface area contributed by atoms with Gasteiger partial charge < -0.3 is 18.8 Å². The molecule has 0 radical (unpaired) electrons. The number of para-hydroxylation sites is 1. The van der Waals surface area contributed by atoms with Crippen molar-refractivity contribution in [1.82, 2.24) is 4.98 Å². The largest absolute Gasteiger partial charge is 0.497 e. The van der Waals surface area contributed by atoms with Gasteiger partial charge in [-0.3, -0.25) is 0 Å². The van der Waals surface area contributed by atoms with Crippen molar-refractivity contribution in [3.63, 3.8) is 0 Å². The summed E-state index contributed by atoms with van der Waals surface area (Å²) in [5, 5.41) is 3.30. The molecule has 1 aromatic heterocycles. The van der Waals surface area contributed by atoms with Gasteiger partial charge in [0.25, 0.3) is 0 Å². The fourth-order valence-electron chi connectivity index (χ4n) is 4.11. The third kappa shape index (κ3) is 3.22. The van der Waals surface area contributed by atoms with Gasteiger partial charge in [-0.1, -0.05) is 36.4 Å². The molecule has 0 bridgehead atoms. The van der Waals surface area contributed by atoms with E-state index in [0.717, 1.165) is 27.4 Å². The third-order valence-corrected chi connectivity index (χ3v) is 6.91. The number of nitrogens with zero attached hydrogens (tertiary/aromatic N) is 1. The predicted octanol–water partition coefficient (Wildman–Crippen LogP) is 5.32. The molecule has 0 saturated carbocycles. The maximum Gasteiger partial charge on any atom is 0.339 e. The minimum atomic E-state index is -4.09. The van der Waals surface area contributed by atoms with E-state index in [1.54, 1.807) is 37.4 Å². The van der Waals surface area contributed by atoms with Crippen LogP contribution in [0.4, 0.5) is 5.69 Å². The van der Waals surface area contributed by atoms with Crippen molar-refractivity contribution in [2.24, 2.45) is 0 Å². The molecule has 1 heterocycles. The summed E-state index contributed by atoms with van der Waals surface area (Å²) < 4.78 is 37.8. The molecular weight excluding hydrogens is 424 g/mol. The molecule has 0 fully saturated rings. The van der Waals surface area contributed by atoms with Crippen LogP contribution in [0.5, 0.6) is 11.5 Å². The number of nitrogens with one attached hydrogen (secondary N) is 1. The van der Waals surface area contributed by atoms with Gasteiger partial charge in [0.1, 0.15) is 10.6 Å². The number of methoxy groups -OCH3 is 1. The zero-order valence-electron chi connectivity index (χ0n) is 17.9. The van der Waals surface area contributed by atoms with Crippen LogP contribution in [-0.2, 0) is 10.1 Å². The van der Waals surface area contributed by atoms with E-state index >= 15 is 0 Å². The normalized spacial score (nSPS) is 11.8. The van der Waals surface area contributed by atoms with Crippen LogP contribution in [0.1, 0.15) is 0 Å². The van der Waals surface area contributed by atoms with Gasteiger partial charge in [-0.2, -0.15) is 8.42 Å². The van der Waals surface area contributed by atoms with Gasteiger partial charge in [-0.25, -0.2) is 0 Å². The first-order chi connectivity index (χ1) is 15.4. The summed E-state index contributed by atoms with van der Waals surface area (Å²) >= 11 is 0. The number of anilines is 1. The van der Waals surface area contributed by atoms with E-state index in [2.05, 4.69) is 4.98 Å². The Labute approximate surface area is 186 Å². The molecule has 1 N–H and O–H groups in total. The molecular formula is C25H22N2O4S. The number of rotatable bonds is 5. The highest BCUT2D eigenvalue weighted by Crippen LogP contribution is 2.36. The average Bonchev–Trinajstić information content (AvgIpc) is 3.16. The van der Waals surface area contributed by atoms with Crippen LogP contribution in [0.15, 0.2) is 77.7 Å². The SMILES string of the molecule is COc1ccc2c(c1)[nH]c1c(OS(=O)(=O)c3cccc4c(N(C)C)cccc34)cccc12. The lowest BCUT2D eigenvalue weighted by Crippen LogP contribution is -2.12. The zero-order chi connectivity index (χ0) is 22.5. The summed E-state index contributed by atoms with van der Waals surface area (Å²) in [4.78, 5) is 5.37. The number of aromatic nitrogens is 1. The zero-order valence-corrected chi connectivity index (χ0v) is 18.7. The van der Waals surface area contributed by atoms with E-state index in [9.17, 15) is 8.42 Å². The highest BCUT2D eigenvalue weighted by molar-refractivity contribution is 7.87. The first-order valence-electron chi connectivity index (χ1n) is 10.1. The molecule has 7 heteroatoms. The van der Waals surface area contributed by atoms with Crippen molar-refractivity contribution in [1.29, 1.82) is 0 Å². The van der Waals surface area contributed by atoms with E-state index in [0.29, 0.717) is 16.7 Å². The second-order valence-corrected chi connectivity index (χ2v) is 9.29. The van der Waals surface area contributed by atoms with Gasteiger partial charge in [0.15, 0.2) is 5.75 Å². The summed E-state index contributed by atoms with van der Waals surface area (Å²) in [5.41, 5.74) is 2.40. The maximum absolute atomic E-state index is 13.4. The minimum absolute atomic E-state index is 0.133. The molecule has 0 spiro atoms. The van der Waals surface area contributed by atoms with Crippen LogP contribution in [-0.4, -0.2) is 34.6 Å². The Morgan fingerprint density at radius 1 is 0.812 bits per heavy atom. The van der Waals surface area contributed by atoms with Gasteiger partial charge in [0, 0.05) is 47.4 Å². The maximum atomic E-state index is 13.4. The van der Waals surface area contributed by atoms with Crippen LogP contribution >= 0.6 is 0 Å². The molecule has 0 aliphatic rings. The number of H-pyrrole nitrogens is 1. The molecule has 6 nitrogen and oxygen atoms in total. The molecule has 0 aliphatic carbocycles. The molecule has 4 aromatic carbocycles. The number of aromatic amines is 1. The molecule has 32 heavy (non-hydrogen) atoms. The van der Waals surface area contributed by atoms with E-state index in [1.165, 1.54) is 0 Å². The molecule has 5 rings (SSSR count). The van der Waals surface area contributed by atoms with E-state index < -0.39 is 10.1 Å². The highest BCUT2D eigenvalue weighted by Gasteiger charge is 2.22. The van der Waals surface area contributed by atoms with Gasteiger partial charge in [0.05, 0.1) is 18.1 Å². The summed E-state index contributed by atoms with van der Waals surface area (Å²) in [5.74, 6) is 0.963. The van der Waals surface area contributed by atoms with Crippen molar-refractivity contribution in [3.05, 3.63) is 72.8 Å². The number of ether oxygens (including phenoxy) is 1. The molecule has 0 amide bonds. The van der Waals surface area contributed by atoms with E-state index in [1.807, 2.05) is 61.5 Å². The lowest BCUT2D eigenvalue weighted by Gasteiger charge is -2.17. The van der Waals surface area contributed by atoms with Gasteiger partial charge in [-0.15, -0.1) is 0 Å². The fraction of sp³-hybridized carbons (Fsp3) is 0.120. The van der Waals surface area contributed by atoms with Crippen LogP contribution in [0.3, 0.4) is 0 Å². The Kier molecular flexibility index (Phi) is 4.71. The highest BCUT2D eigenvalue weighted by atomic mass is 32.2. The Bertz CT molecular complexity index is 1590. The van der Waals surface area contributed by atoms with E-state index in [-0.39, 0.29) is 10.6 Å². The minimum Gasteiger partial charge on any atom is -0.497 e. The Morgan fingerprint density at radius 2 is 1.53 bits per heavy atom. The van der Waals surface area contributed by atoms with Crippen LogP contribution in [0, 0.1) is 0 Å². The van der Waals surface area contributed by atoms with Crippen molar-refractivity contribution < 1.29 is 17.3 Å². The molecule has 0 unspecified atom stereocenters. The first kappa shape index (κ1) is 20.2. The van der Waals surface area contributed by atoms with Gasteiger partial charge in [-0.05, 0) is 30.3 Å². The summed E-state index contributed by atoms with van der Waals surface area (Å²) in [6.45, 7) is 0. The second kappa shape index (κ2) is 7.46. The number of hydrogen-bond acceptors (Lipinski definition) is 5. The smallest absolute Gasteiger partial charge is 0.339 e. The Morgan fingerprint density at radius 3 is 2.31 bits per heavy atom. The van der Waals surface area contributed by atoms with Crippen molar-refractivity contribution in [2.45, 2.75) is 4.90 Å². The van der Waals surface area contributed by atoms with Crippen LogP contribution < -0.4 is 13.8 Å². The molecule has 5 aromatic rings. The average molecular weight is 447 g/mol. The lowest BCUT2D eigenvalue weighted by atomic mass is 10.1. The summed E-state index contributed by atoms with van der Waals surface area (Å²) in [6.07, 6.45) is 0. The summed E-state index contributed by atoms with van der Waals surface area (Å²) in [6, 6.07) is 21.9. The van der Waals surface area contributed by atoms with Crippen LogP contribution in [0.25, 0.3) is 32.6 Å². The first-order valence-corrected chi connectivity index (χ1v) is 11.5. The molecule has 162 valence electrons. The third-order valence-electron chi connectivity index (χ3n) is 5.61. The Hall–Kier alpha value is -3.71. The number of hydrogen-bond donors (Lipinski definition) is 1. The standard InChI is InChI=1S/C25H22N2O4S/c1-27(2)22-10-4-8-19-18(22)7-6-12-24(19)32(28,29)31-23-11-5-9-20-17-14-13-16(30-3)15-21(17)26-25(20)23/h4-15,26H,1-3H3. The second-order valence-electron chi connectivity index (χ2n) is 7.78. The van der Waals surface area contributed by atoms with E-state index in [4.69, 9.17) is 8.92 Å². The molecule has 0 saturated heterocycles. The fourth-order valence-corrected chi connectivity index (χ4v) is 5.27. The number of fused-ring (bicyclic) bond motifs is 4. The van der Waals surface area contributed by atoms with Crippen molar-refractivity contribution >= 4 is 48.4 Å². The Balaban J connectivity index is 1.65. The van der Waals surface area contributed by atoms with Gasteiger partial charge in [0.2, 0.25) is 0 Å². The quantitative estimate of drug-likeness (QED) is 0.370. The topological polar surface area (TPSA) is 71.6 Å². The van der Waals surface area contributed by atoms with Gasteiger partial charge >= 0.3 is 10.1 Å². The van der Waals surface area contributed by atoms with Crippen molar-refractivity contribution in [2.75, 3.05) is 26.1 Å². The van der Waals surface area contributed by atoms with Crippen molar-refractivity contribution in [3.8, 4) is 11.5 Å². The summed E-state index contributed by atoms with van der Waals surface area (Å²) in [7, 11) is 1.38. The van der Waals surface area contributed by atoms with Crippen LogP contribution in [0.2, 0.25) is 0 Å². The lowest BCUT2D eigenvalue weighted by molar-refractivity contribution is 0.415.